The first-order chi connectivity index (χ1) is 13.2. The lowest BCUT2D eigenvalue weighted by atomic mass is 10.1. The Morgan fingerprint density at radius 3 is 2.22 bits per heavy atom. The van der Waals surface area contributed by atoms with E-state index < -0.39 is 0 Å². The van der Waals surface area contributed by atoms with Crippen LogP contribution in [0, 0.1) is 5.82 Å². The van der Waals surface area contributed by atoms with Gasteiger partial charge < -0.3 is 14.7 Å². The summed E-state index contributed by atoms with van der Waals surface area (Å²) in [5.74, 6) is 0.544. The van der Waals surface area contributed by atoms with Crippen LogP contribution in [0.2, 0.25) is 0 Å². The summed E-state index contributed by atoms with van der Waals surface area (Å²) in [4.78, 5) is 27.3. The van der Waals surface area contributed by atoms with E-state index in [0.717, 1.165) is 57.9 Å². The number of halogens is 1. The monoisotopic (exact) mass is 369 g/mol. The number of nitrogens with zero attached hydrogens (tertiary/aromatic N) is 5. The molecule has 0 atom stereocenters. The first-order valence-electron chi connectivity index (χ1n) is 9.58. The number of para-hydroxylation sites is 1. The zero-order chi connectivity index (χ0) is 18.6. The number of anilines is 2. The van der Waals surface area contributed by atoms with Crippen LogP contribution in [0.1, 0.15) is 29.8 Å². The van der Waals surface area contributed by atoms with Crippen LogP contribution in [0.3, 0.4) is 0 Å². The number of amides is 1. The molecular weight excluding hydrogens is 345 g/mol. The number of hydrogen-bond donors (Lipinski definition) is 0. The van der Waals surface area contributed by atoms with Gasteiger partial charge in [-0.3, -0.25) is 4.79 Å². The molecule has 2 fully saturated rings. The molecule has 2 aliphatic rings. The highest BCUT2D eigenvalue weighted by Gasteiger charge is 2.22. The lowest BCUT2D eigenvalue weighted by Gasteiger charge is -2.36. The average molecular weight is 369 g/mol. The van der Waals surface area contributed by atoms with Crippen molar-refractivity contribution in [2.75, 3.05) is 49.1 Å². The Kier molecular flexibility index (Phi) is 5.18. The molecule has 0 unspecified atom stereocenters. The highest BCUT2D eigenvalue weighted by molar-refractivity contribution is 5.92. The van der Waals surface area contributed by atoms with E-state index in [0.29, 0.717) is 11.4 Å². The molecular formula is C20H24FN5O. The molecule has 1 amide bonds. The van der Waals surface area contributed by atoms with Gasteiger partial charge >= 0.3 is 0 Å². The Hall–Kier alpha value is -2.70. The SMILES string of the molecule is O=C(c1cnc(N2CCN(c3ccccc3F)CC2)cn1)N1CCCCC1. The maximum absolute atomic E-state index is 14.0. The third-order valence-corrected chi connectivity index (χ3v) is 5.30. The van der Waals surface area contributed by atoms with Crippen LogP contribution in [0.15, 0.2) is 36.7 Å². The van der Waals surface area contributed by atoms with E-state index in [9.17, 15) is 9.18 Å². The zero-order valence-electron chi connectivity index (χ0n) is 15.4. The quantitative estimate of drug-likeness (QED) is 0.832. The molecule has 0 N–H and O–H groups in total. The normalized spacial score (nSPS) is 17.9. The van der Waals surface area contributed by atoms with Crippen LogP contribution in [0.25, 0.3) is 0 Å². The lowest BCUT2D eigenvalue weighted by Crippen LogP contribution is -2.47. The van der Waals surface area contributed by atoms with Gasteiger partial charge in [0.05, 0.1) is 18.1 Å². The van der Waals surface area contributed by atoms with Crippen molar-refractivity contribution in [3.8, 4) is 0 Å². The summed E-state index contributed by atoms with van der Waals surface area (Å²) in [6.45, 7) is 4.53. The van der Waals surface area contributed by atoms with Crippen LogP contribution < -0.4 is 9.80 Å². The van der Waals surface area contributed by atoms with Crippen molar-refractivity contribution in [1.82, 2.24) is 14.9 Å². The molecule has 1 aromatic carbocycles. The van der Waals surface area contributed by atoms with E-state index in [2.05, 4.69) is 14.9 Å². The Labute approximate surface area is 158 Å². The molecule has 4 rings (SSSR count). The van der Waals surface area contributed by atoms with Gasteiger partial charge in [0.1, 0.15) is 17.3 Å². The molecule has 0 spiro atoms. The number of hydrogen-bond acceptors (Lipinski definition) is 5. The van der Waals surface area contributed by atoms with Crippen molar-refractivity contribution in [2.24, 2.45) is 0 Å². The minimum Gasteiger partial charge on any atom is -0.366 e. The van der Waals surface area contributed by atoms with Crippen LogP contribution >= 0.6 is 0 Å². The van der Waals surface area contributed by atoms with Crippen molar-refractivity contribution in [3.05, 3.63) is 48.2 Å². The highest BCUT2D eigenvalue weighted by atomic mass is 19.1. The number of carbonyl (C=O) groups excluding carboxylic acids is 1. The molecule has 6 nitrogen and oxygen atoms in total. The average Bonchev–Trinajstić information content (AvgIpc) is 2.74. The van der Waals surface area contributed by atoms with Gasteiger partial charge in [-0.1, -0.05) is 12.1 Å². The van der Waals surface area contributed by atoms with Crippen LogP contribution in [-0.2, 0) is 0 Å². The summed E-state index contributed by atoms with van der Waals surface area (Å²) in [5.41, 5.74) is 1.05. The van der Waals surface area contributed by atoms with Gasteiger partial charge in [0.2, 0.25) is 0 Å². The Morgan fingerprint density at radius 2 is 1.56 bits per heavy atom. The molecule has 2 aliphatic heterocycles. The van der Waals surface area contributed by atoms with Crippen molar-refractivity contribution in [3.63, 3.8) is 0 Å². The van der Waals surface area contributed by atoms with Crippen molar-refractivity contribution >= 4 is 17.4 Å². The van der Waals surface area contributed by atoms with Gasteiger partial charge in [0, 0.05) is 39.3 Å². The van der Waals surface area contributed by atoms with E-state index in [1.165, 1.54) is 12.5 Å². The van der Waals surface area contributed by atoms with Crippen molar-refractivity contribution in [1.29, 1.82) is 0 Å². The predicted molar refractivity (Wildman–Crippen MR) is 103 cm³/mol. The summed E-state index contributed by atoms with van der Waals surface area (Å²) in [6.07, 6.45) is 6.56. The van der Waals surface area contributed by atoms with Gasteiger partial charge in [-0.15, -0.1) is 0 Å². The maximum Gasteiger partial charge on any atom is 0.274 e. The van der Waals surface area contributed by atoms with E-state index in [1.54, 1.807) is 18.5 Å². The maximum atomic E-state index is 14.0. The van der Waals surface area contributed by atoms with Crippen LogP contribution in [-0.4, -0.2) is 60.0 Å². The Balaban J connectivity index is 1.37. The minimum atomic E-state index is -0.189. The number of rotatable bonds is 3. The predicted octanol–water partition coefficient (Wildman–Crippen LogP) is 2.57. The molecule has 1 aromatic heterocycles. The molecule has 0 aliphatic carbocycles. The Bertz CT molecular complexity index is 783. The van der Waals surface area contributed by atoms with Gasteiger partial charge in [0.25, 0.3) is 5.91 Å². The topological polar surface area (TPSA) is 52.6 Å². The smallest absolute Gasteiger partial charge is 0.274 e. The van der Waals surface area contributed by atoms with E-state index in [-0.39, 0.29) is 11.7 Å². The second-order valence-corrected chi connectivity index (χ2v) is 7.04. The zero-order valence-corrected chi connectivity index (χ0v) is 15.4. The Morgan fingerprint density at radius 1 is 0.852 bits per heavy atom. The molecule has 0 bridgehead atoms. The molecule has 2 saturated heterocycles. The second kappa shape index (κ2) is 7.90. The van der Waals surface area contributed by atoms with E-state index >= 15 is 0 Å². The third-order valence-electron chi connectivity index (χ3n) is 5.30. The number of piperazine rings is 1. The lowest BCUT2D eigenvalue weighted by molar-refractivity contribution is 0.0718. The number of piperidine rings is 1. The first-order valence-corrected chi connectivity index (χ1v) is 9.58. The summed E-state index contributed by atoms with van der Waals surface area (Å²) >= 11 is 0. The molecule has 2 aromatic rings. The number of carbonyl (C=O) groups is 1. The molecule has 27 heavy (non-hydrogen) atoms. The minimum absolute atomic E-state index is 0.0295. The summed E-state index contributed by atoms with van der Waals surface area (Å²) < 4.78 is 14.0. The molecule has 0 radical (unpaired) electrons. The largest absolute Gasteiger partial charge is 0.366 e. The summed E-state index contributed by atoms with van der Waals surface area (Å²) in [6, 6.07) is 6.86. The van der Waals surface area contributed by atoms with Gasteiger partial charge in [-0.25, -0.2) is 14.4 Å². The molecule has 0 saturated carbocycles. The third kappa shape index (κ3) is 3.86. The van der Waals surface area contributed by atoms with Crippen molar-refractivity contribution in [2.45, 2.75) is 19.3 Å². The van der Waals surface area contributed by atoms with Crippen LogP contribution in [0.5, 0.6) is 0 Å². The molecule has 3 heterocycles. The van der Waals surface area contributed by atoms with Gasteiger partial charge in [0.15, 0.2) is 0 Å². The molecule has 142 valence electrons. The molecule has 7 heteroatoms. The number of likely N-dealkylation sites (tertiary alicyclic amines) is 1. The fourth-order valence-electron chi connectivity index (χ4n) is 3.74. The fourth-order valence-corrected chi connectivity index (χ4v) is 3.74. The first kappa shape index (κ1) is 17.7. The van der Waals surface area contributed by atoms with Gasteiger partial charge in [-0.2, -0.15) is 0 Å². The van der Waals surface area contributed by atoms with E-state index in [1.807, 2.05) is 21.9 Å². The number of aromatic nitrogens is 2. The summed E-state index contributed by atoms with van der Waals surface area (Å²) in [7, 11) is 0. The van der Waals surface area contributed by atoms with Crippen LogP contribution in [0.4, 0.5) is 15.9 Å². The highest BCUT2D eigenvalue weighted by Crippen LogP contribution is 2.22. The van der Waals surface area contributed by atoms with Crippen molar-refractivity contribution < 1.29 is 9.18 Å². The number of benzene rings is 1. The fraction of sp³-hybridized carbons (Fsp3) is 0.450. The van der Waals surface area contributed by atoms with E-state index in [4.69, 9.17) is 0 Å². The second-order valence-electron chi connectivity index (χ2n) is 7.04. The summed E-state index contributed by atoms with van der Waals surface area (Å²) in [5, 5.41) is 0. The standard InChI is InChI=1S/C20H24FN5O/c21-16-6-2-3-7-18(16)24-10-12-25(13-11-24)19-15-22-17(14-23-19)20(27)26-8-4-1-5-9-26/h2-3,6-7,14-15H,1,4-5,8-13H2. The van der Waals surface area contributed by atoms with Gasteiger partial charge in [-0.05, 0) is 31.4 Å².